The Kier molecular flexibility index (Phi) is 4.68. The molecule has 1 N–H and O–H groups in total. The fourth-order valence-corrected chi connectivity index (χ4v) is 2.64. The normalized spacial score (nSPS) is 18.9. The van der Waals surface area contributed by atoms with Gasteiger partial charge in [-0.2, -0.15) is 0 Å². The van der Waals surface area contributed by atoms with Crippen LogP contribution in [0.5, 0.6) is 0 Å². The SMILES string of the molecule is O=C(c1cccc([N+](=O)[O-])c1)N1CCCCC1CCO. The second-order valence-corrected chi connectivity index (χ2v) is 4.97. The zero-order chi connectivity index (χ0) is 14.5. The quantitative estimate of drug-likeness (QED) is 0.674. The largest absolute Gasteiger partial charge is 0.396 e. The number of hydrogen-bond donors (Lipinski definition) is 1. The minimum Gasteiger partial charge on any atom is -0.396 e. The van der Waals surface area contributed by atoms with Crippen LogP contribution in [-0.4, -0.2) is 40.0 Å². The average molecular weight is 278 g/mol. The molecule has 1 unspecified atom stereocenters. The summed E-state index contributed by atoms with van der Waals surface area (Å²) in [6.07, 6.45) is 3.41. The maximum absolute atomic E-state index is 12.5. The number of aliphatic hydroxyl groups is 1. The number of nitrogens with zero attached hydrogens (tertiary/aromatic N) is 2. The smallest absolute Gasteiger partial charge is 0.270 e. The Morgan fingerprint density at radius 3 is 2.95 bits per heavy atom. The summed E-state index contributed by atoms with van der Waals surface area (Å²) in [5, 5.41) is 19.8. The summed E-state index contributed by atoms with van der Waals surface area (Å²) in [6, 6.07) is 5.84. The van der Waals surface area contributed by atoms with Gasteiger partial charge in [-0.15, -0.1) is 0 Å². The standard InChI is InChI=1S/C14H18N2O4/c17-9-7-12-5-1-2-8-15(12)14(18)11-4-3-6-13(10-11)16(19)20/h3-4,6,10,12,17H,1-2,5,7-9H2. The Hall–Kier alpha value is -1.95. The summed E-state index contributed by atoms with van der Waals surface area (Å²) >= 11 is 0. The van der Waals surface area contributed by atoms with E-state index in [-0.39, 0.29) is 24.2 Å². The van der Waals surface area contributed by atoms with Gasteiger partial charge in [0.05, 0.1) is 4.92 Å². The van der Waals surface area contributed by atoms with Crippen LogP contribution in [-0.2, 0) is 0 Å². The summed E-state index contributed by atoms with van der Waals surface area (Å²) in [4.78, 5) is 24.5. The first-order chi connectivity index (χ1) is 9.63. The number of amides is 1. The number of nitro groups is 1. The molecule has 1 saturated heterocycles. The molecule has 1 fully saturated rings. The van der Waals surface area contributed by atoms with Crippen LogP contribution in [0.25, 0.3) is 0 Å². The molecule has 0 radical (unpaired) electrons. The Morgan fingerprint density at radius 1 is 1.45 bits per heavy atom. The molecule has 1 aliphatic rings. The highest BCUT2D eigenvalue weighted by Crippen LogP contribution is 2.23. The number of piperidine rings is 1. The summed E-state index contributed by atoms with van der Waals surface area (Å²) in [5.41, 5.74) is 0.260. The van der Waals surface area contributed by atoms with Crippen molar-refractivity contribution in [1.82, 2.24) is 4.90 Å². The average Bonchev–Trinajstić information content (AvgIpc) is 2.47. The first-order valence-corrected chi connectivity index (χ1v) is 6.80. The van der Waals surface area contributed by atoms with E-state index in [1.165, 1.54) is 18.2 Å². The van der Waals surface area contributed by atoms with Crippen molar-refractivity contribution in [3.8, 4) is 0 Å². The van der Waals surface area contributed by atoms with Gasteiger partial charge in [-0.25, -0.2) is 0 Å². The van der Waals surface area contributed by atoms with Gasteiger partial charge >= 0.3 is 0 Å². The number of hydrogen-bond acceptors (Lipinski definition) is 4. The molecule has 1 atom stereocenters. The van der Waals surface area contributed by atoms with Crippen molar-refractivity contribution in [1.29, 1.82) is 0 Å². The Balaban J connectivity index is 2.20. The van der Waals surface area contributed by atoms with E-state index in [2.05, 4.69) is 0 Å². The number of benzene rings is 1. The lowest BCUT2D eigenvalue weighted by molar-refractivity contribution is -0.384. The van der Waals surface area contributed by atoms with Crippen LogP contribution in [0.2, 0.25) is 0 Å². The first-order valence-electron chi connectivity index (χ1n) is 6.80. The predicted octanol–water partition coefficient (Wildman–Crippen LogP) is 1.97. The van der Waals surface area contributed by atoms with E-state index in [4.69, 9.17) is 5.11 Å². The van der Waals surface area contributed by atoms with Gasteiger partial charge in [-0.05, 0) is 31.7 Å². The minimum atomic E-state index is -0.502. The van der Waals surface area contributed by atoms with Crippen LogP contribution < -0.4 is 0 Å². The molecule has 6 heteroatoms. The maximum atomic E-state index is 12.5. The molecule has 0 spiro atoms. The lowest BCUT2D eigenvalue weighted by Gasteiger charge is -2.35. The van der Waals surface area contributed by atoms with E-state index in [9.17, 15) is 14.9 Å². The highest BCUT2D eigenvalue weighted by Gasteiger charge is 2.27. The van der Waals surface area contributed by atoms with Crippen molar-refractivity contribution >= 4 is 11.6 Å². The number of carbonyl (C=O) groups excluding carboxylic acids is 1. The molecule has 0 saturated carbocycles. The third-order valence-electron chi connectivity index (χ3n) is 3.65. The summed E-state index contributed by atoms with van der Waals surface area (Å²) in [6.45, 7) is 0.690. The van der Waals surface area contributed by atoms with Gasteiger partial charge in [0.25, 0.3) is 11.6 Å². The maximum Gasteiger partial charge on any atom is 0.270 e. The molecule has 108 valence electrons. The van der Waals surface area contributed by atoms with Crippen molar-refractivity contribution < 1.29 is 14.8 Å². The van der Waals surface area contributed by atoms with Crippen LogP contribution in [0.15, 0.2) is 24.3 Å². The highest BCUT2D eigenvalue weighted by atomic mass is 16.6. The van der Waals surface area contributed by atoms with E-state index in [0.29, 0.717) is 18.5 Å². The molecule has 2 rings (SSSR count). The van der Waals surface area contributed by atoms with Crippen molar-refractivity contribution in [2.75, 3.05) is 13.2 Å². The Labute approximate surface area is 117 Å². The molecule has 1 aromatic rings. The van der Waals surface area contributed by atoms with E-state index < -0.39 is 4.92 Å². The van der Waals surface area contributed by atoms with Crippen LogP contribution >= 0.6 is 0 Å². The van der Waals surface area contributed by atoms with Gasteiger partial charge in [0, 0.05) is 36.9 Å². The third-order valence-corrected chi connectivity index (χ3v) is 3.65. The summed E-state index contributed by atoms with van der Waals surface area (Å²) in [7, 11) is 0. The molecule has 1 aliphatic heterocycles. The first kappa shape index (κ1) is 14.5. The number of likely N-dealkylation sites (tertiary alicyclic amines) is 1. The van der Waals surface area contributed by atoms with Crippen LogP contribution in [0.3, 0.4) is 0 Å². The van der Waals surface area contributed by atoms with Crippen molar-refractivity contribution in [2.24, 2.45) is 0 Å². The van der Waals surface area contributed by atoms with E-state index in [1.54, 1.807) is 11.0 Å². The molecule has 0 aromatic heterocycles. The molecule has 0 aliphatic carbocycles. The fourth-order valence-electron chi connectivity index (χ4n) is 2.64. The van der Waals surface area contributed by atoms with Crippen LogP contribution in [0.1, 0.15) is 36.0 Å². The topological polar surface area (TPSA) is 83.7 Å². The molecule has 6 nitrogen and oxygen atoms in total. The zero-order valence-corrected chi connectivity index (χ0v) is 11.2. The fraction of sp³-hybridized carbons (Fsp3) is 0.500. The van der Waals surface area contributed by atoms with Gasteiger partial charge in [-0.1, -0.05) is 6.07 Å². The Morgan fingerprint density at radius 2 is 2.25 bits per heavy atom. The second kappa shape index (κ2) is 6.47. The van der Waals surface area contributed by atoms with Crippen molar-refractivity contribution in [3.05, 3.63) is 39.9 Å². The second-order valence-electron chi connectivity index (χ2n) is 4.97. The van der Waals surface area contributed by atoms with Crippen LogP contribution in [0.4, 0.5) is 5.69 Å². The molecule has 1 aromatic carbocycles. The number of aliphatic hydroxyl groups excluding tert-OH is 1. The van der Waals surface area contributed by atoms with Gasteiger partial charge < -0.3 is 10.0 Å². The number of nitro benzene ring substituents is 1. The Bertz CT molecular complexity index is 502. The zero-order valence-electron chi connectivity index (χ0n) is 11.2. The third kappa shape index (κ3) is 3.14. The number of non-ortho nitro benzene ring substituents is 1. The van der Waals surface area contributed by atoms with E-state index in [1.807, 2.05) is 0 Å². The number of rotatable bonds is 4. The predicted molar refractivity (Wildman–Crippen MR) is 73.5 cm³/mol. The van der Waals surface area contributed by atoms with Crippen molar-refractivity contribution in [3.63, 3.8) is 0 Å². The van der Waals surface area contributed by atoms with Gasteiger partial charge in [0.1, 0.15) is 0 Å². The van der Waals surface area contributed by atoms with Crippen molar-refractivity contribution in [2.45, 2.75) is 31.7 Å². The highest BCUT2D eigenvalue weighted by molar-refractivity contribution is 5.95. The molecular weight excluding hydrogens is 260 g/mol. The lowest BCUT2D eigenvalue weighted by Crippen LogP contribution is -2.44. The van der Waals surface area contributed by atoms with E-state index in [0.717, 1.165) is 19.3 Å². The molecule has 1 amide bonds. The minimum absolute atomic E-state index is 0.0283. The number of carbonyl (C=O) groups is 1. The van der Waals surface area contributed by atoms with Gasteiger partial charge in [0.15, 0.2) is 0 Å². The molecule has 1 heterocycles. The van der Waals surface area contributed by atoms with Crippen LogP contribution in [0, 0.1) is 10.1 Å². The summed E-state index contributed by atoms with van der Waals surface area (Å²) in [5.74, 6) is -0.188. The molecule has 0 bridgehead atoms. The van der Waals surface area contributed by atoms with Gasteiger partial charge in [0.2, 0.25) is 0 Å². The van der Waals surface area contributed by atoms with E-state index >= 15 is 0 Å². The van der Waals surface area contributed by atoms with Gasteiger partial charge in [-0.3, -0.25) is 14.9 Å². The monoisotopic (exact) mass is 278 g/mol. The molecular formula is C14H18N2O4. The molecule has 20 heavy (non-hydrogen) atoms. The lowest BCUT2D eigenvalue weighted by atomic mass is 9.98. The summed E-state index contributed by atoms with van der Waals surface area (Å²) < 4.78 is 0.